The van der Waals surface area contributed by atoms with Gasteiger partial charge in [0, 0.05) is 18.2 Å². The molecule has 1 fully saturated rings. The lowest BCUT2D eigenvalue weighted by Gasteiger charge is -2.37. The van der Waals surface area contributed by atoms with E-state index in [-0.39, 0.29) is 12.1 Å². The first-order valence-electron chi connectivity index (χ1n) is 8.09. The highest BCUT2D eigenvalue weighted by atomic mass is 16.4. The van der Waals surface area contributed by atoms with Crippen LogP contribution in [0.25, 0.3) is 11.5 Å². The normalized spacial score (nSPS) is 21.0. The number of benzene rings is 1. The van der Waals surface area contributed by atoms with Gasteiger partial charge in [-0.3, -0.25) is 4.90 Å². The van der Waals surface area contributed by atoms with E-state index in [0.29, 0.717) is 5.89 Å². The molecule has 1 aromatic heterocycles. The summed E-state index contributed by atoms with van der Waals surface area (Å²) in [4.78, 5) is 7.02. The van der Waals surface area contributed by atoms with Crippen molar-refractivity contribution < 1.29 is 9.52 Å². The number of aliphatic hydroxyl groups excluding tert-OH is 1. The zero-order chi connectivity index (χ0) is 15.5. The summed E-state index contributed by atoms with van der Waals surface area (Å²) in [5.74, 6) is 1.55. The summed E-state index contributed by atoms with van der Waals surface area (Å²) in [6.07, 6.45) is 3.13. The van der Waals surface area contributed by atoms with Crippen LogP contribution in [0, 0.1) is 6.92 Å². The average molecular weight is 300 g/mol. The minimum absolute atomic E-state index is 0.227. The standard InChI is InChI=1S/C18H24N2O2/c1-13(21)17-10-6-7-11-20(17)12-16-14(2)22-18(19-16)15-8-4-3-5-9-15/h3-5,8-9,13,17,21H,6-7,10-12H2,1-2H3. The topological polar surface area (TPSA) is 49.5 Å². The van der Waals surface area contributed by atoms with E-state index >= 15 is 0 Å². The van der Waals surface area contributed by atoms with Gasteiger partial charge < -0.3 is 9.52 Å². The smallest absolute Gasteiger partial charge is 0.226 e. The van der Waals surface area contributed by atoms with E-state index in [9.17, 15) is 5.11 Å². The first-order valence-corrected chi connectivity index (χ1v) is 8.09. The van der Waals surface area contributed by atoms with E-state index in [4.69, 9.17) is 4.42 Å². The van der Waals surface area contributed by atoms with Crippen molar-refractivity contribution >= 4 is 0 Å². The van der Waals surface area contributed by atoms with Gasteiger partial charge in [-0.05, 0) is 45.4 Å². The fraction of sp³-hybridized carbons (Fsp3) is 0.500. The van der Waals surface area contributed by atoms with Crippen LogP contribution in [0.3, 0.4) is 0 Å². The van der Waals surface area contributed by atoms with Gasteiger partial charge in [0.2, 0.25) is 5.89 Å². The quantitative estimate of drug-likeness (QED) is 0.940. The van der Waals surface area contributed by atoms with Crippen LogP contribution in [0.2, 0.25) is 0 Å². The zero-order valence-electron chi connectivity index (χ0n) is 13.3. The second kappa shape index (κ2) is 6.63. The molecule has 0 bridgehead atoms. The minimum atomic E-state index is -0.305. The van der Waals surface area contributed by atoms with Crippen LogP contribution >= 0.6 is 0 Å². The van der Waals surface area contributed by atoms with Crippen LogP contribution in [0.1, 0.15) is 37.6 Å². The zero-order valence-corrected chi connectivity index (χ0v) is 13.3. The van der Waals surface area contributed by atoms with Gasteiger partial charge in [-0.1, -0.05) is 24.6 Å². The van der Waals surface area contributed by atoms with Crippen molar-refractivity contribution in [2.45, 2.75) is 51.8 Å². The maximum absolute atomic E-state index is 9.99. The van der Waals surface area contributed by atoms with Crippen LogP contribution in [0.15, 0.2) is 34.7 Å². The fourth-order valence-corrected chi connectivity index (χ4v) is 3.23. The Bertz CT molecular complexity index is 607. The third-order valence-corrected chi connectivity index (χ3v) is 4.49. The number of oxazole rings is 1. The molecule has 0 spiro atoms. The van der Waals surface area contributed by atoms with E-state index in [0.717, 1.165) is 36.5 Å². The molecule has 3 rings (SSSR count). The first-order chi connectivity index (χ1) is 10.6. The van der Waals surface area contributed by atoms with Gasteiger partial charge in [0.15, 0.2) is 0 Å². The number of rotatable bonds is 4. The third-order valence-electron chi connectivity index (χ3n) is 4.49. The number of piperidine rings is 1. The van der Waals surface area contributed by atoms with Crippen LogP contribution < -0.4 is 0 Å². The predicted molar refractivity (Wildman–Crippen MR) is 86.4 cm³/mol. The Kier molecular flexibility index (Phi) is 4.60. The van der Waals surface area contributed by atoms with Crippen LogP contribution in [-0.2, 0) is 6.54 Å². The maximum atomic E-state index is 9.99. The molecule has 118 valence electrons. The van der Waals surface area contributed by atoms with Crippen LogP contribution in [-0.4, -0.2) is 33.7 Å². The first kappa shape index (κ1) is 15.3. The molecule has 22 heavy (non-hydrogen) atoms. The van der Waals surface area contributed by atoms with Gasteiger partial charge in [0.05, 0.1) is 11.8 Å². The molecule has 2 aromatic rings. The van der Waals surface area contributed by atoms with Crippen molar-refractivity contribution in [2.24, 2.45) is 0 Å². The summed E-state index contributed by atoms with van der Waals surface area (Å²) in [7, 11) is 0. The average Bonchev–Trinajstić information content (AvgIpc) is 2.90. The minimum Gasteiger partial charge on any atom is -0.441 e. The summed E-state index contributed by atoms with van der Waals surface area (Å²) in [5.41, 5.74) is 1.98. The summed E-state index contributed by atoms with van der Waals surface area (Å²) in [6.45, 7) is 5.62. The Labute approximate surface area is 131 Å². The van der Waals surface area contributed by atoms with E-state index in [1.165, 1.54) is 12.8 Å². The number of likely N-dealkylation sites (tertiary alicyclic amines) is 1. The molecule has 2 heterocycles. The third kappa shape index (κ3) is 3.23. The Morgan fingerprint density at radius 3 is 2.82 bits per heavy atom. The molecule has 1 N–H and O–H groups in total. The van der Waals surface area contributed by atoms with Crippen LogP contribution in [0.5, 0.6) is 0 Å². The highest BCUT2D eigenvalue weighted by Crippen LogP contribution is 2.26. The summed E-state index contributed by atoms with van der Waals surface area (Å²) in [5, 5.41) is 9.99. The molecule has 1 saturated heterocycles. The van der Waals surface area contributed by atoms with Crippen molar-refractivity contribution in [3.8, 4) is 11.5 Å². The van der Waals surface area contributed by atoms with Crippen molar-refractivity contribution in [1.29, 1.82) is 0 Å². The molecule has 4 nitrogen and oxygen atoms in total. The van der Waals surface area contributed by atoms with Crippen molar-refractivity contribution in [3.05, 3.63) is 41.8 Å². The van der Waals surface area contributed by atoms with E-state index in [1.54, 1.807) is 0 Å². The van der Waals surface area contributed by atoms with Gasteiger partial charge in [0.25, 0.3) is 0 Å². The van der Waals surface area contributed by atoms with Crippen molar-refractivity contribution in [3.63, 3.8) is 0 Å². The van der Waals surface area contributed by atoms with Gasteiger partial charge in [-0.25, -0.2) is 4.98 Å². The number of nitrogens with zero attached hydrogens (tertiary/aromatic N) is 2. The Morgan fingerprint density at radius 1 is 1.32 bits per heavy atom. The lowest BCUT2D eigenvalue weighted by Crippen LogP contribution is -2.45. The van der Waals surface area contributed by atoms with Gasteiger partial charge in [-0.2, -0.15) is 0 Å². The molecular formula is C18H24N2O2. The molecule has 4 heteroatoms. The van der Waals surface area contributed by atoms with Crippen LogP contribution in [0.4, 0.5) is 0 Å². The monoisotopic (exact) mass is 300 g/mol. The Hall–Kier alpha value is -1.65. The highest BCUT2D eigenvalue weighted by Gasteiger charge is 2.27. The van der Waals surface area contributed by atoms with Crippen molar-refractivity contribution in [2.75, 3.05) is 6.54 Å². The lowest BCUT2D eigenvalue weighted by molar-refractivity contribution is 0.0308. The summed E-state index contributed by atoms with van der Waals surface area (Å²) < 4.78 is 5.84. The largest absolute Gasteiger partial charge is 0.441 e. The highest BCUT2D eigenvalue weighted by molar-refractivity contribution is 5.53. The molecule has 0 aliphatic carbocycles. The SMILES string of the molecule is Cc1oc(-c2ccccc2)nc1CN1CCCCC1C(C)O. The Morgan fingerprint density at radius 2 is 2.09 bits per heavy atom. The van der Waals surface area contributed by atoms with Crippen molar-refractivity contribution in [1.82, 2.24) is 9.88 Å². The number of hydrogen-bond donors (Lipinski definition) is 1. The Balaban J connectivity index is 1.79. The van der Waals surface area contributed by atoms with E-state index < -0.39 is 0 Å². The van der Waals surface area contributed by atoms with Gasteiger partial charge in [-0.15, -0.1) is 0 Å². The van der Waals surface area contributed by atoms with Gasteiger partial charge in [0.1, 0.15) is 5.76 Å². The second-order valence-corrected chi connectivity index (χ2v) is 6.16. The van der Waals surface area contributed by atoms with E-state index in [2.05, 4.69) is 9.88 Å². The molecule has 2 unspecified atom stereocenters. The second-order valence-electron chi connectivity index (χ2n) is 6.16. The molecule has 0 saturated carbocycles. The molecule has 1 aliphatic rings. The molecule has 0 amide bonds. The fourth-order valence-electron chi connectivity index (χ4n) is 3.23. The maximum Gasteiger partial charge on any atom is 0.226 e. The molecule has 1 aromatic carbocycles. The predicted octanol–water partition coefficient (Wildman–Crippen LogP) is 3.39. The van der Waals surface area contributed by atoms with E-state index in [1.807, 2.05) is 44.2 Å². The summed E-state index contributed by atoms with van der Waals surface area (Å²) >= 11 is 0. The number of aliphatic hydroxyl groups is 1. The number of aryl methyl sites for hydroxylation is 1. The summed E-state index contributed by atoms with van der Waals surface area (Å²) in [6, 6.07) is 10.2. The number of hydrogen-bond acceptors (Lipinski definition) is 4. The van der Waals surface area contributed by atoms with Gasteiger partial charge >= 0.3 is 0 Å². The lowest BCUT2D eigenvalue weighted by atomic mass is 9.98. The molecular weight excluding hydrogens is 276 g/mol. The molecule has 2 atom stereocenters. The molecule has 1 aliphatic heterocycles. The number of aromatic nitrogens is 1. The molecule has 0 radical (unpaired) electrons.